The molecule has 0 saturated heterocycles. The molecule has 2 amide bonds. The Hall–Kier alpha value is -1.75. The Morgan fingerprint density at radius 1 is 1.05 bits per heavy atom. The molecule has 0 fully saturated rings. The van der Waals surface area contributed by atoms with Gasteiger partial charge in [-0.05, 0) is 24.3 Å². The number of para-hydroxylation sites is 1. The average molecular weight is 311 g/mol. The average Bonchev–Trinajstić information content (AvgIpc) is 2.43. The van der Waals surface area contributed by atoms with Gasteiger partial charge in [0.25, 0.3) is 0 Å². The van der Waals surface area contributed by atoms with Gasteiger partial charge in [-0.25, -0.2) is 4.79 Å². The van der Waals surface area contributed by atoms with Crippen molar-refractivity contribution < 1.29 is 9.90 Å². The van der Waals surface area contributed by atoms with E-state index in [0.29, 0.717) is 27.0 Å². The predicted molar refractivity (Wildman–Crippen MR) is 81.5 cm³/mol. The third-order valence-electron chi connectivity index (χ3n) is 2.61. The van der Waals surface area contributed by atoms with Gasteiger partial charge in [-0.2, -0.15) is 0 Å². The Kier molecular flexibility index (Phi) is 4.84. The lowest BCUT2D eigenvalue weighted by Gasteiger charge is -2.11. The van der Waals surface area contributed by atoms with Crippen LogP contribution < -0.4 is 10.6 Å². The highest BCUT2D eigenvalue weighted by atomic mass is 35.5. The largest absolute Gasteiger partial charge is 0.392 e. The van der Waals surface area contributed by atoms with Crippen LogP contribution in [0.5, 0.6) is 0 Å². The van der Waals surface area contributed by atoms with E-state index >= 15 is 0 Å². The van der Waals surface area contributed by atoms with Gasteiger partial charge in [0.15, 0.2) is 0 Å². The Morgan fingerprint density at radius 2 is 1.80 bits per heavy atom. The molecular weight excluding hydrogens is 299 g/mol. The first-order chi connectivity index (χ1) is 9.60. The van der Waals surface area contributed by atoms with Crippen LogP contribution in [0.4, 0.5) is 16.2 Å². The number of carbonyl (C=O) groups excluding carboxylic acids is 1. The molecule has 0 saturated carbocycles. The number of benzene rings is 2. The molecule has 0 bridgehead atoms. The number of hydrogen-bond donors (Lipinski definition) is 3. The summed E-state index contributed by atoms with van der Waals surface area (Å²) in [4.78, 5) is 11.9. The molecule has 0 aliphatic heterocycles. The quantitative estimate of drug-likeness (QED) is 0.798. The summed E-state index contributed by atoms with van der Waals surface area (Å²) in [5.41, 5.74) is 1.71. The highest BCUT2D eigenvalue weighted by molar-refractivity contribution is 6.42. The molecule has 2 rings (SSSR count). The summed E-state index contributed by atoms with van der Waals surface area (Å²) in [6.07, 6.45) is 0. The van der Waals surface area contributed by atoms with Crippen molar-refractivity contribution in [1.29, 1.82) is 0 Å². The van der Waals surface area contributed by atoms with Crippen molar-refractivity contribution in [2.24, 2.45) is 0 Å². The van der Waals surface area contributed by atoms with Gasteiger partial charge >= 0.3 is 6.03 Å². The second-order valence-electron chi connectivity index (χ2n) is 4.02. The van der Waals surface area contributed by atoms with Crippen LogP contribution >= 0.6 is 23.2 Å². The fourth-order valence-electron chi connectivity index (χ4n) is 1.64. The summed E-state index contributed by atoms with van der Waals surface area (Å²) in [7, 11) is 0. The molecule has 0 radical (unpaired) electrons. The maximum absolute atomic E-state index is 11.9. The number of anilines is 2. The van der Waals surface area contributed by atoms with Crippen LogP contribution in [0, 0.1) is 0 Å². The van der Waals surface area contributed by atoms with Crippen LogP contribution in [0.25, 0.3) is 0 Å². The van der Waals surface area contributed by atoms with Crippen molar-refractivity contribution >= 4 is 40.6 Å². The maximum atomic E-state index is 11.9. The van der Waals surface area contributed by atoms with Crippen LogP contribution in [0.15, 0.2) is 42.5 Å². The monoisotopic (exact) mass is 310 g/mol. The Balaban J connectivity index is 2.07. The second-order valence-corrected chi connectivity index (χ2v) is 4.84. The molecule has 0 aromatic heterocycles. The van der Waals surface area contributed by atoms with E-state index in [1.165, 1.54) is 0 Å². The summed E-state index contributed by atoms with van der Waals surface area (Å²) < 4.78 is 0. The lowest BCUT2D eigenvalue weighted by molar-refractivity contribution is 0.262. The number of amides is 2. The number of aliphatic hydroxyl groups excluding tert-OH is 1. The minimum Gasteiger partial charge on any atom is -0.392 e. The number of carbonyl (C=O) groups is 1. The van der Waals surface area contributed by atoms with Gasteiger partial charge in [-0.1, -0.05) is 41.4 Å². The van der Waals surface area contributed by atoms with Gasteiger partial charge in [0.2, 0.25) is 0 Å². The van der Waals surface area contributed by atoms with Crippen molar-refractivity contribution in [2.45, 2.75) is 6.61 Å². The maximum Gasteiger partial charge on any atom is 0.323 e. The van der Waals surface area contributed by atoms with Crippen LogP contribution in [0.2, 0.25) is 10.0 Å². The molecular formula is C14H12Cl2N2O2. The normalized spacial score (nSPS) is 10.2. The lowest BCUT2D eigenvalue weighted by Crippen LogP contribution is -2.20. The SMILES string of the molecule is O=C(Nc1ccc(Cl)c(Cl)c1)Nc1ccccc1CO. The summed E-state index contributed by atoms with van der Waals surface area (Å²) in [5.74, 6) is 0. The topological polar surface area (TPSA) is 61.4 Å². The molecule has 6 heteroatoms. The van der Waals surface area contributed by atoms with E-state index in [4.69, 9.17) is 23.2 Å². The third kappa shape index (κ3) is 3.63. The van der Waals surface area contributed by atoms with E-state index in [2.05, 4.69) is 10.6 Å². The number of halogens is 2. The summed E-state index contributed by atoms with van der Waals surface area (Å²) >= 11 is 11.7. The first-order valence-electron chi connectivity index (χ1n) is 5.82. The molecule has 0 spiro atoms. The molecule has 2 aromatic rings. The number of rotatable bonds is 3. The zero-order valence-corrected chi connectivity index (χ0v) is 11.9. The Morgan fingerprint density at radius 3 is 2.50 bits per heavy atom. The minimum absolute atomic E-state index is 0.150. The van der Waals surface area contributed by atoms with Crippen molar-refractivity contribution in [1.82, 2.24) is 0 Å². The second kappa shape index (κ2) is 6.61. The molecule has 2 aromatic carbocycles. The molecule has 0 aliphatic carbocycles. The van der Waals surface area contributed by atoms with Crippen LogP contribution in [0.3, 0.4) is 0 Å². The van der Waals surface area contributed by atoms with Crippen molar-refractivity contribution in [3.8, 4) is 0 Å². The highest BCUT2D eigenvalue weighted by Gasteiger charge is 2.07. The minimum atomic E-state index is -0.427. The molecule has 0 atom stereocenters. The van der Waals surface area contributed by atoms with Gasteiger partial charge in [-0.3, -0.25) is 0 Å². The first kappa shape index (κ1) is 14.7. The van der Waals surface area contributed by atoms with Gasteiger partial charge in [-0.15, -0.1) is 0 Å². The summed E-state index contributed by atoms with van der Waals surface area (Å²) in [6, 6.07) is 11.4. The first-order valence-corrected chi connectivity index (χ1v) is 6.57. The van der Waals surface area contributed by atoms with Crippen LogP contribution in [-0.2, 0) is 6.61 Å². The van der Waals surface area contributed by atoms with Gasteiger partial charge < -0.3 is 15.7 Å². The van der Waals surface area contributed by atoms with Crippen LogP contribution in [0.1, 0.15) is 5.56 Å². The number of aliphatic hydroxyl groups is 1. The third-order valence-corrected chi connectivity index (χ3v) is 3.35. The Labute approximate surface area is 126 Å². The smallest absolute Gasteiger partial charge is 0.323 e. The van der Waals surface area contributed by atoms with Gasteiger partial charge in [0.05, 0.1) is 16.7 Å². The molecule has 104 valence electrons. The molecule has 0 unspecified atom stereocenters. The fraction of sp³-hybridized carbons (Fsp3) is 0.0714. The molecule has 0 heterocycles. The fourth-order valence-corrected chi connectivity index (χ4v) is 1.94. The van der Waals surface area contributed by atoms with E-state index in [1.54, 1.807) is 42.5 Å². The molecule has 4 nitrogen and oxygen atoms in total. The molecule has 3 N–H and O–H groups in total. The molecule has 0 aliphatic rings. The predicted octanol–water partition coefficient (Wildman–Crippen LogP) is 4.13. The standard InChI is InChI=1S/C14H12Cl2N2O2/c15-11-6-5-10(7-12(11)16)17-14(20)18-13-4-2-1-3-9(13)8-19/h1-7,19H,8H2,(H2,17,18,20). The highest BCUT2D eigenvalue weighted by Crippen LogP contribution is 2.25. The van der Waals surface area contributed by atoms with Crippen LogP contribution in [-0.4, -0.2) is 11.1 Å². The molecule has 20 heavy (non-hydrogen) atoms. The zero-order chi connectivity index (χ0) is 14.5. The van der Waals surface area contributed by atoms with E-state index < -0.39 is 6.03 Å². The van der Waals surface area contributed by atoms with Crippen molar-refractivity contribution in [2.75, 3.05) is 10.6 Å². The number of hydrogen-bond acceptors (Lipinski definition) is 2. The van der Waals surface area contributed by atoms with E-state index in [9.17, 15) is 9.90 Å². The summed E-state index contributed by atoms with van der Waals surface area (Å²) in [6.45, 7) is -0.150. The van der Waals surface area contributed by atoms with Crippen molar-refractivity contribution in [3.05, 3.63) is 58.1 Å². The lowest BCUT2D eigenvalue weighted by atomic mass is 10.2. The van der Waals surface area contributed by atoms with E-state index in [1.807, 2.05) is 0 Å². The van der Waals surface area contributed by atoms with Gasteiger partial charge in [0.1, 0.15) is 0 Å². The number of urea groups is 1. The number of nitrogens with one attached hydrogen (secondary N) is 2. The van der Waals surface area contributed by atoms with E-state index in [-0.39, 0.29) is 6.61 Å². The van der Waals surface area contributed by atoms with Gasteiger partial charge in [0, 0.05) is 16.9 Å². The Bertz CT molecular complexity index is 632. The van der Waals surface area contributed by atoms with E-state index in [0.717, 1.165) is 0 Å². The zero-order valence-electron chi connectivity index (χ0n) is 10.4. The summed E-state index contributed by atoms with van der Waals surface area (Å²) in [5, 5.41) is 15.3. The van der Waals surface area contributed by atoms with Crippen molar-refractivity contribution in [3.63, 3.8) is 0 Å².